The number of rotatable bonds is 4. The van der Waals surface area contributed by atoms with E-state index in [1.165, 1.54) is 25.3 Å². The Hall–Kier alpha value is -2.76. The lowest BCUT2D eigenvalue weighted by Gasteiger charge is -2.11. The molecule has 1 amide bonds. The molecule has 0 radical (unpaired) electrons. The van der Waals surface area contributed by atoms with Crippen molar-refractivity contribution in [3.05, 3.63) is 52.4 Å². The average Bonchev–Trinajstić information content (AvgIpc) is 2.47. The van der Waals surface area contributed by atoms with Gasteiger partial charge >= 0.3 is 0 Å². The van der Waals surface area contributed by atoms with E-state index in [0.29, 0.717) is 17.2 Å². The molecule has 6 heteroatoms. The first-order valence-electron chi connectivity index (χ1n) is 5.87. The smallest absolute Gasteiger partial charge is 0.272 e. The summed E-state index contributed by atoms with van der Waals surface area (Å²) in [6.07, 6.45) is 0. The van der Waals surface area contributed by atoms with Crippen molar-refractivity contribution in [3.8, 4) is 11.5 Å². The molecule has 0 unspecified atom stereocenters. The summed E-state index contributed by atoms with van der Waals surface area (Å²) < 4.78 is 10.3. The van der Waals surface area contributed by atoms with Crippen LogP contribution in [0.2, 0.25) is 0 Å². The highest BCUT2D eigenvalue weighted by atomic mass is 16.5. The van der Waals surface area contributed by atoms with E-state index in [2.05, 4.69) is 10.3 Å². The Morgan fingerprint density at radius 3 is 2.60 bits per heavy atom. The third-order valence-corrected chi connectivity index (χ3v) is 2.67. The molecule has 1 aromatic heterocycles. The second-order valence-electron chi connectivity index (χ2n) is 3.95. The number of aromatic amines is 1. The number of carbonyl (C=O) groups is 1. The molecule has 6 nitrogen and oxygen atoms in total. The quantitative estimate of drug-likeness (QED) is 0.888. The number of pyridine rings is 1. The van der Waals surface area contributed by atoms with E-state index in [4.69, 9.17) is 9.47 Å². The number of aromatic nitrogens is 1. The number of amides is 1. The molecule has 0 bridgehead atoms. The highest BCUT2D eigenvalue weighted by molar-refractivity contribution is 6.03. The van der Waals surface area contributed by atoms with E-state index in [9.17, 15) is 9.59 Å². The third kappa shape index (κ3) is 2.97. The molecule has 2 rings (SSSR count). The van der Waals surface area contributed by atoms with Gasteiger partial charge in [0.05, 0.1) is 19.9 Å². The molecule has 0 saturated heterocycles. The zero-order chi connectivity index (χ0) is 14.5. The summed E-state index contributed by atoms with van der Waals surface area (Å²) in [6, 6.07) is 9.39. The van der Waals surface area contributed by atoms with E-state index in [-0.39, 0.29) is 11.3 Å². The minimum absolute atomic E-state index is 0.176. The fraction of sp³-hybridized carbons (Fsp3) is 0.143. The maximum Gasteiger partial charge on any atom is 0.272 e. The van der Waals surface area contributed by atoms with Gasteiger partial charge in [0, 0.05) is 12.1 Å². The van der Waals surface area contributed by atoms with Crippen molar-refractivity contribution < 1.29 is 14.3 Å². The molecule has 0 saturated carbocycles. The van der Waals surface area contributed by atoms with Gasteiger partial charge in [-0.15, -0.1) is 0 Å². The second-order valence-corrected chi connectivity index (χ2v) is 3.95. The summed E-state index contributed by atoms with van der Waals surface area (Å²) in [5, 5.41) is 2.67. The molecule has 0 fully saturated rings. The molecule has 2 aromatic rings. The summed E-state index contributed by atoms with van der Waals surface area (Å²) >= 11 is 0. The van der Waals surface area contributed by atoms with Crippen LogP contribution in [-0.2, 0) is 0 Å². The number of nitrogens with one attached hydrogen (secondary N) is 2. The number of hydrogen-bond donors (Lipinski definition) is 2. The fourth-order valence-electron chi connectivity index (χ4n) is 1.67. The minimum Gasteiger partial charge on any atom is -0.497 e. The van der Waals surface area contributed by atoms with E-state index in [0.717, 1.165) is 0 Å². The highest BCUT2D eigenvalue weighted by Gasteiger charge is 2.11. The average molecular weight is 274 g/mol. The van der Waals surface area contributed by atoms with E-state index >= 15 is 0 Å². The van der Waals surface area contributed by atoms with Crippen molar-refractivity contribution in [2.75, 3.05) is 19.5 Å². The molecule has 1 heterocycles. The monoisotopic (exact) mass is 274 g/mol. The minimum atomic E-state index is -0.425. The Morgan fingerprint density at radius 1 is 1.15 bits per heavy atom. The Balaban J connectivity index is 2.25. The number of methoxy groups -OCH3 is 2. The standard InChI is InChI=1S/C14H14N2O4/c1-19-9-6-7-10(12(8-9)20-2)16-14(18)11-4-3-5-13(17)15-11/h3-8H,1-2H3,(H,15,17)(H,16,18). The molecule has 0 atom stereocenters. The molecule has 0 aliphatic rings. The maximum absolute atomic E-state index is 12.0. The van der Waals surface area contributed by atoms with Crippen LogP contribution in [0.4, 0.5) is 5.69 Å². The molecular formula is C14H14N2O4. The highest BCUT2D eigenvalue weighted by Crippen LogP contribution is 2.29. The summed E-state index contributed by atoms with van der Waals surface area (Å²) in [7, 11) is 3.04. The van der Waals surface area contributed by atoms with Crippen LogP contribution in [0.3, 0.4) is 0 Å². The van der Waals surface area contributed by atoms with E-state index in [1.54, 1.807) is 25.3 Å². The van der Waals surface area contributed by atoms with Crippen LogP contribution in [0.5, 0.6) is 11.5 Å². The third-order valence-electron chi connectivity index (χ3n) is 2.67. The molecular weight excluding hydrogens is 260 g/mol. The molecule has 1 aromatic carbocycles. The van der Waals surface area contributed by atoms with Gasteiger partial charge in [-0.1, -0.05) is 6.07 Å². The molecule has 0 spiro atoms. The topological polar surface area (TPSA) is 80.4 Å². The Bertz CT molecular complexity index is 679. The first-order chi connectivity index (χ1) is 9.63. The second kappa shape index (κ2) is 5.92. The number of carbonyl (C=O) groups excluding carboxylic acids is 1. The van der Waals surface area contributed by atoms with Crippen LogP contribution in [0.15, 0.2) is 41.2 Å². The van der Waals surface area contributed by atoms with Crippen LogP contribution in [0.1, 0.15) is 10.5 Å². The maximum atomic E-state index is 12.0. The number of ether oxygens (including phenoxy) is 2. The van der Waals surface area contributed by atoms with Gasteiger partial charge < -0.3 is 19.8 Å². The lowest BCUT2D eigenvalue weighted by molar-refractivity contribution is 0.102. The molecule has 2 N–H and O–H groups in total. The van der Waals surface area contributed by atoms with E-state index in [1.807, 2.05) is 0 Å². The van der Waals surface area contributed by atoms with Gasteiger partial charge in [-0.3, -0.25) is 9.59 Å². The first-order valence-corrected chi connectivity index (χ1v) is 5.87. The Morgan fingerprint density at radius 2 is 1.95 bits per heavy atom. The SMILES string of the molecule is COc1ccc(NC(=O)c2cccc(=O)[nH]2)c(OC)c1. The fourth-order valence-corrected chi connectivity index (χ4v) is 1.67. The van der Waals surface area contributed by atoms with Crippen LogP contribution < -0.4 is 20.3 Å². The van der Waals surface area contributed by atoms with Crippen molar-refractivity contribution in [1.82, 2.24) is 4.98 Å². The normalized spacial score (nSPS) is 9.90. The number of anilines is 1. The molecule has 20 heavy (non-hydrogen) atoms. The lowest BCUT2D eigenvalue weighted by atomic mass is 10.2. The molecule has 0 aliphatic carbocycles. The zero-order valence-corrected chi connectivity index (χ0v) is 11.1. The number of H-pyrrole nitrogens is 1. The van der Waals surface area contributed by atoms with Gasteiger partial charge in [0.15, 0.2) is 0 Å². The molecule has 104 valence electrons. The predicted molar refractivity (Wildman–Crippen MR) is 74.6 cm³/mol. The van der Waals surface area contributed by atoms with Crippen molar-refractivity contribution in [2.24, 2.45) is 0 Å². The number of benzene rings is 1. The summed E-state index contributed by atoms with van der Waals surface area (Å²) in [5.74, 6) is 0.662. The Labute approximate surface area is 115 Å². The van der Waals surface area contributed by atoms with Crippen molar-refractivity contribution >= 4 is 11.6 Å². The summed E-state index contributed by atoms with van der Waals surface area (Å²) in [6.45, 7) is 0. The van der Waals surface area contributed by atoms with Crippen molar-refractivity contribution in [1.29, 1.82) is 0 Å². The van der Waals surface area contributed by atoms with Crippen LogP contribution in [0, 0.1) is 0 Å². The lowest BCUT2D eigenvalue weighted by Crippen LogP contribution is -2.18. The van der Waals surface area contributed by atoms with Crippen LogP contribution >= 0.6 is 0 Å². The van der Waals surface area contributed by atoms with E-state index < -0.39 is 5.91 Å². The summed E-state index contributed by atoms with van der Waals surface area (Å²) in [5.41, 5.74) is 0.331. The largest absolute Gasteiger partial charge is 0.497 e. The van der Waals surface area contributed by atoms with Gasteiger partial charge in [-0.25, -0.2) is 0 Å². The van der Waals surface area contributed by atoms with Crippen molar-refractivity contribution in [2.45, 2.75) is 0 Å². The van der Waals surface area contributed by atoms with Gasteiger partial charge in [0.2, 0.25) is 5.56 Å². The summed E-state index contributed by atoms with van der Waals surface area (Å²) in [4.78, 5) is 25.7. The Kier molecular flexibility index (Phi) is 4.05. The van der Waals surface area contributed by atoms with Gasteiger partial charge in [-0.2, -0.15) is 0 Å². The first kappa shape index (κ1) is 13.7. The van der Waals surface area contributed by atoms with Gasteiger partial charge in [-0.05, 0) is 18.2 Å². The van der Waals surface area contributed by atoms with Crippen LogP contribution in [0.25, 0.3) is 0 Å². The molecule has 0 aliphatic heterocycles. The zero-order valence-electron chi connectivity index (χ0n) is 11.1. The van der Waals surface area contributed by atoms with Gasteiger partial charge in [0.25, 0.3) is 5.91 Å². The van der Waals surface area contributed by atoms with Crippen molar-refractivity contribution in [3.63, 3.8) is 0 Å². The van der Waals surface area contributed by atoms with Crippen LogP contribution in [-0.4, -0.2) is 25.1 Å². The predicted octanol–water partition coefficient (Wildman–Crippen LogP) is 1.64. The van der Waals surface area contributed by atoms with Gasteiger partial charge in [0.1, 0.15) is 17.2 Å². The number of hydrogen-bond acceptors (Lipinski definition) is 4.